The van der Waals surface area contributed by atoms with Gasteiger partial charge in [-0.3, -0.25) is 14.1 Å². The molecule has 9 aromatic carbocycles. The molecule has 2 amide bonds. The van der Waals surface area contributed by atoms with Crippen molar-refractivity contribution in [2.75, 3.05) is 26.4 Å². The molecule has 21 nitrogen and oxygen atoms in total. The number of phosphoric acid groups is 1. The molecule has 3 saturated heterocycles. The molecule has 3 aliphatic heterocycles. The number of alkyl halides is 3. The van der Waals surface area contributed by atoms with Crippen molar-refractivity contribution in [3.05, 3.63) is 312 Å². The maximum Gasteiger partial charge on any atom is 0.588 e. The molecule has 12 rings (SSSR count). The van der Waals surface area contributed by atoms with E-state index in [0.29, 0.717) is 0 Å². The Morgan fingerprint density at radius 2 is 0.748 bits per heavy atom. The van der Waals surface area contributed by atoms with Gasteiger partial charge in [-0.05, 0) is 76.6 Å². The summed E-state index contributed by atoms with van der Waals surface area (Å²) in [7, 11) is -4.88. The Balaban J connectivity index is 0.986. The topological polar surface area (TPSA) is 223 Å². The van der Waals surface area contributed by atoms with Crippen LogP contribution in [0.1, 0.15) is 59.2 Å². The van der Waals surface area contributed by atoms with E-state index in [1.165, 1.54) is 6.92 Å². The van der Waals surface area contributed by atoms with Gasteiger partial charge in [-0.15, -0.1) is 0 Å². The number of benzene rings is 9. The summed E-state index contributed by atoms with van der Waals surface area (Å²) in [5.41, 5.74) is 5.49. The third-order valence-corrected chi connectivity index (χ3v) is 19.8. The lowest BCUT2D eigenvalue weighted by Crippen LogP contribution is -2.69. The number of carbonyl (C=O) groups is 2. The molecule has 25 heteroatoms. The van der Waals surface area contributed by atoms with E-state index in [-0.39, 0.29) is 84.0 Å². The summed E-state index contributed by atoms with van der Waals surface area (Å²) >= 11 is 0. The molecule has 0 unspecified atom stereocenters. The predicted molar refractivity (Wildman–Crippen MR) is 403 cm³/mol. The van der Waals surface area contributed by atoms with Crippen LogP contribution in [0.25, 0.3) is 0 Å². The molecule has 0 radical (unpaired) electrons. The molecule has 15 atom stereocenters. The minimum absolute atomic E-state index is 0.0301. The van der Waals surface area contributed by atoms with Crippen LogP contribution >= 0.6 is 7.82 Å². The molecule has 0 spiro atoms. The summed E-state index contributed by atoms with van der Waals surface area (Å²) in [6, 6.07) is 81.6. The average molecular weight is 1550 g/mol. The fraction of sp³-hybridized carbons (Fsp3) is 0.349. The van der Waals surface area contributed by atoms with Crippen LogP contribution in [0, 0.1) is 0 Å². The highest BCUT2D eigenvalue weighted by Gasteiger charge is 2.58. The Morgan fingerprint density at radius 1 is 0.396 bits per heavy atom. The van der Waals surface area contributed by atoms with E-state index in [1.807, 2.05) is 218 Å². The summed E-state index contributed by atoms with van der Waals surface area (Å²) in [6.07, 6.45) is -23.2. The first-order chi connectivity index (χ1) is 54.2. The number of hydrogen-bond acceptors (Lipinski definition) is 19. The number of amides is 2. The SMILES string of the molecule is CC(=O)N[C@@H]1[C@H](O[C@H]2[C@H](OCc3ccccc3)[C@@H](OCc3ccccc3)[C@@H](O[C@H]3[C@@H](OCCCNC(=O)C(F)(F)F)O[C@@H](C)[C@H](OCc4ccccc4)[C@H]3OCc3ccccc3)O[C@@H]2COCc2ccccc2)O[C@H](COCc2ccccc2)[C@@H](OP(=O)(Oc2ccccc2)Oc2ccccc2)[C@@H]1OCc1ccccc1. The maximum absolute atomic E-state index is 16.0. The van der Waals surface area contributed by atoms with E-state index in [9.17, 15) is 22.8 Å². The van der Waals surface area contributed by atoms with Crippen molar-refractivity contribution >= 4 is 19.6 Å². The van der Waals surface area contributed by atoms with E-state index >= 15 is 4.57 Å². The summed E-state index contributed by atoms with van der Waals surface area (Å²) < 4.78 is 168. The Hall–Kier alpha value is -9.02. The van der Waals surface area contributed by atoms with Crippen molar-refractivity contribution in [1.29, 1.82) is 0 Å². The summed E-state index contributed by atoms with van der Waals surface area (Å²) in [5.74, 6) is -2.36. The summed E-state index contributed by atoms with van der Waals surface area (Å²) in [4.78, 5) is 26.3. The first-order valence-corrected chi connectivity index (χ1v) is 38.4. The third-order valence-electron chi connectivity index (χ3n) is 18.4. The molecule has 0 bridgehead atoms. The first kappa shape index (κ1) is 81.5. The minimum Gasteiger partial charge on any atom is -0.395 e. The van der Waals surface area contributed by atoms with Gasteiger partial charge in [0.15, 0.2) is 18.9 Å². The largest absolute Gasteiger partial charge is 0.588 e. The number of hydrogen-bond donors (Lipinski definition) is 2. The van der Waals surface area contributed by atoms with Crippen LogP contribution in [-0.4, -0.2) is 136 Å². The van der Waals surface area contributed by atoms with Gasteiger partial charge in [-0.1, -0.05) is 249 Å². The Labute approximate surface area is 644 Å². The zero-order valence-corrected chi connectivity index (χ0v) is 62.4. The van der Waals surface area contributed by atoms with Crippen molar-refractivity contribution in [1.82, 2.24) is 10.6 Å². The third kappa shape index (κ3) is 24.5. The molecule has 3 heterocycles. The standard InChI is InChI=1S/C86H92F3N2O19P/c1-60-74(98-53-64-35-16-5-17-36-64)78(100-55-66-39-20-7-21-40-66)81(83(103-60)97-50-30-49-90-85(93)86(87,88)89)107-84-80(102-57-68-43-24-9-25-44-68)79(101-56-67-41-22-8-23-42-67)75(71(105-84)58-95-51-62-31-12-3-13-32-62)106-82-73(91-61(2)92)77(99-54-65-37-18-6-19-38-65)76(72(104-82)59-96-52-63-33-14-4-15-34-63)110-111(94,108-69-45-26-10-27-46-69)109-70-47-28-11-29-48-70/h3-29,31-48,60,71-84H,30,49-59H2,1-2H3,(H,90,93)(H,91,92)/t60-,71+,72+,73-,74-,75+,76+,77+,78+,79-,80+,81+,82-,83-,84+/m0/s1. The van der Waals surface area contributed by atoms with Gasteiger partial charge in [-0.25, -0.2) is 4.57 Å². The molecule has 9 aromatic rings. The summed E-state index contributed by atoms with van der Waals surface area (Å²) in [6.45, 7) is 2.04. The highest BCUT2D eigenvalue weighted by atomic mass is 31.2. The van der Waals surface area contributed by atoms with Crippen LogP contribution in [0.15, 0.2) is 273 Å². The van der Waals surface area contributed by atoms with E-state index in [1.54, 1.807) is 67.6 Å². The van der Waals surface area contributed by atoms with Crippen molar-refractivity contribution in [3.8, 4) is 11.5 Å². The van der Waals surface area contributed by atoms with Crippen molar-refractivity contribution in [3.63, 3.8) is 0 Å². The van der Waals surface area contributed by atoms with Crippen LogP contribution < -0.4 is 19.7 Å². The van der Waals surface area contributed by atoms with Crippen LogP contribution in [0.5, 0.6) is 11.5 Å². The molecule has 3 aliphatic rings. The molecular formula is C86H92F3N2O19P. The fourth-order valence-corrected chi connectivity index (χ4v) is 14.5. The Bertz CT molecular complexity index is 4180. The van der Waals surface area contributed by atoms with Gasteiger partial charge in [0.25, 0.3) is 0 Å². The second-order valence-corrected chi connectivity index (χ2v) is 28.3. The number of nitrogens with one attached hydrogen (secondary N) is 2. The molecule has 0 aliphatic carbocycles. The van der Waals surface area contributed by atoms with Crippen molar-refractivity contribution in [2.45, 2.75) is 165 Å². The molecule has 2 N–H and O–H groups in total. The normalized spacial score (nSPS) is 24.1. The van der Waals surface area contributed by atoms with Crippen LogP contribution in [-0.2, 0) is 127 Å². The minimum atomic E-state index is -5.12. The molecule has 0 saturated carbocycles. The molecular weight excluding hydrogens is 1450 g/mol. The van der Waals surface area contributed by atoms with Gasteiger partial charge < -0.3 is 81.3 Å². The lowest BCUT2D eigenvalue weighted by Gasteiger charge is -2.51. The van der Waals surface area contributed by atoms with Gasteiger partial charge in [-0.2, -0.15) is 13.2 Å². The van der Waals surface area contributed by atoms with E-state index in [0.717, 1.165) is 38.9 Å². The number of carbonyl (C=O) groups excluding carboxylic acids is 2. The molecule has 3 fully saturated rings. The van der Waals surface area contributed by atoms with Gasteiger partial charge in [0, 0.05) is 13.5 Å². The van der Waals surface area contributed by atoms with Crippen molar-refractivity contribution < 1.29 is 102 Å². The van der Waals surface area contributed by atoms with E-state index < -0.39 is 124 Å². The Kier molecular flexibility index (Phi) is 30.4. The number of phosphoric ester groups is 1. The van der Waals surface area contributed by atoms with E-state index in [4.69, 9.17) is 75.2 Å². The van der Waals surface area contributed by atoms with E-state index in [2.05, 4.69) is 5.32 Å². The van der Waals surface area contributed by atoms with Gasteiger partial charge in [0.1, 0.15) is 78.6 Å². The number of halogens is 3. The highest BCUT2D eigenvalue weighted by molar-refractivity contribution is 7.49. The smallest absolute Gasteiger partial charge is 0.395 e. The average Bonchev–Trinajstić information content (AvgIpc) is 0.760. The van der Waals surface area contributed by atoms with Crippen LogP contribution in [0.3, 0.4) is 0 Å². The Morgan fingerprint density at radius 3 is 1.16 bits per heavy atom. The number of rotatable bonds is 39. The first-order valence-electron chi connectivity index (χ1n) is 37.0. The second-order valence-electron chi connectivity index (χ2n) is 26.8. The highest BCUT2D eigenvalue weighted by Crippen LogP contribution is 2.53. The summed E-state index contributed by atoms with van der Waals surface area (Å²) in [5, 5.41) is 5.02. The second kappa shape index (κ2) is 41.5. The molecule has 111 heavy (non-hydrogen) atoms. The zero-order chi connectivity index (χ0) is 77.0. The van der Waals surface area contributed by atoms with Crippen molar-refractivity contribution in [2.24, 2.45) is 0 Å². The molecule has 586 valence electrons. The lowest BCUT2D eigenvalue weighted by atomic mass is 9.94. The zero-order valence-electron chi connectivity index (χ0n) is 61.5. The van der Waals surface area contributed by atoms with Gasteiger partial charge in [0.05, 0.1) is 72.2 Å². The van der Waals surface area contributed by atoms with Crippen LogP contribution in [0.4, 0.5) is 13.2 Å². The predicted octanol–water partition coefficient (Wildman–Crippen LogP) is 14.6. The number of ether oxygens (including phenoxy) is 13. The quantitative estimate of drug-likeness (QED) is 0.0270. The maximum atomic E-state index is 16.0. The van der Waals surface area contributed by atoms with Gasteiger partial charge in [0.2, 0.25) is 5.91 Å². The van der Waals surface area contributed by atoms with Gasteiger partial charge >= 0.3 is 19.9 Å². The number of para-hydroxylation sites is 2. The fourth-order valence-electron chi connectivity index (χ4n) is 13.1. The monoisotopic (exact) mass is 1540 g/mol. The van der Waals surface area contributed by atoms with Crippen LogP contribution in [0.2, 0.25) is 0 Å². The molecule has 0 aromatic heterocycles. The lowest BCUT2D eigenvalue weighted by molar-refractivity contribution is -0.391.